The minimum atomic E-state index is -0.643. The highest BCUT2D eigenvalue weighted by Gasteiger charge is 2.14. The number of hydrogen-bond donors (Lipinski definition) is 2. The smallest absolute Gasteiger partial charge is 0.379 e. The summed E-state index contributed by atoms with van der Waals surface area (Å²) in [6.07, 6.45) is 0. The first-order chi connectivity index (χ1) is 11.4. The molecule has 3 rings (SSSR count). The third kappa shape index (κ3) is 3.08. The number of nitrogens with one attached hydrogen (secondary N) is 1. The van der Waals surface area contributed by atoms with E-state index in [-0.39, 0.29) is 23.0 Å². The lowest BCUT2D eigenvalue weighted by atomic mass is 10.1. The fourth-order valence-electron chi connectivity index (χ4n) is 2.40. The molecule has 3 aromatic rings. The topological polar surface area (TPSA) is 88.8 Å². The number of carbonyl (C=O) groups excluding carboxylic acids is 1. The van der Waals surface area contributed by atoms with E-state index in [1.165, 1.54) is 19.1 Å². The van der Waals surface area contributed by atoms with Crippen molar-refractivity contribution in [2.75, 3.05) is 5.32 Å². The number of benzene rings is 2. The Morgan fingerprint density at radius 2 is 2.00 bits per heavy atom. The zero-order chi connectivity index (χ0) is 17.3. The number of fused-ring (bicyclic) bond motifs is 1. The van der Waals surface area contributed by atoms with Crippen LogP contribution in [-0.2, 0) is 4.79 Å². The summed E-state index contributed by atoms with van der Waals surface area (Å²) in [6, 6.07) is 11.3. The van der Waals surface area contributed by atoms with E-state index in [0.29, 0.717) is 22.4 Å². The number of amides is 1. The Balaban J connectivity index is 2.03. The molecule has 0 atom stereocenters. The Bertz CT molecular complexity index is 990. The summed E-state index contributed by atoms with van der Waals surface area (Å²) in [5, 5.41) is 12.8. The molecule has 0 aliphatic rings. The van der Waals surface area contributed by atoms with Crippen LogP contribution in [-0.4, -0.2) is 11.0 Å². The molecule has 2 aromatic carbocycles. The van der Waals surface area contributed by atoms with Crippen LogP contribution in [0.3, 0.4) is 0 Å². The molecule has 0 aliphatic carbocycles. The van der Waals surface area contributed by atoms with Crippen LogP contribution in [0.15, 0.2) is 51.7 Å². The predicted octanol–water partition coefficient (Wildman–Crippen LogP) is 3.56. The second kappa shape index (κ2) is 6.08. The lowest BCUT2D eigenvalue weighted by Crippen LogP contribution is -2.07. The Labute approximate surface area is 137 Å². The lowest BCUT2D eigenvalue weighted by molar-refractivity contribution is -0.114. The molecule has 122 valence electrons. The van der Waals surface area contributed by atoms with E-state index in [9.17, 15) is 14.7 Å². The number of ether oxygens (including phenoxy) is 1. The van der Waals surface area contributed by atoms with Crippen LogP contribution in [0.25, 0.3) is 11.0 Å². The number of aryl methyl sites for hydroxylation is 1. The second-order valence-corrected chi connectivity index (χ2v) is 5.34. The summed E-state index contributed by atoms with van der Waals surface area (Å²) in [4.78, 5) is 23.3. The quantitative estimate of drug-likeness (QED) is 0.719. The van der Waals surface area contributed by atoms with Crippen LogP contribution in [0.2, 0.25) is 0 Å². The van der Waals surface area contributed by atoms with Gasteiger partial charge in [0.1, 0.15) is 17.1 Å². The maximum Gasteiger partial charge on any atom is 0.379 e. The van der Waals surface area contributed by atoms with Gasteiger partial charge in [0, 0.05) is 35.7 Å². The predicted molar refractivity (Wildman–Crippen MR) is 89.7 cm³/mol. The monoisotopic (exact) mass is 325 g/mol. The molecule has 0 unspecified atom stereocenters. The summed E-state index contributed by atoms with van der Waals surface area (Å²) < 4.78 is 10.9. The molecular weight excluding hydrogens is 310 g/mol. The summed E-state index contributed by atoms with van der Waals surface area (Å²) in [5.41, 5.74) is 0.811. The third-order valence-corrected chi connectivity index (χ3v) is 3.47. The van der Waals surface area contributed by atoms with Gasteiger partial charge in [0.25, 0.3) is 0 Å². The number of aromatic hydroxyl groups is 1. The molecular formula is C18H15NO5. The van der Waals surface area contributed by atoms with Crippen molar-refractivity contribution in [3.63, 3.8) is 0 Å². The lowest BCUT2D eigenvalue weighted by Gasteiger charge is -2.10. The van der Waals surface area contributed by atoms with E-state index in [4.69, 9.17) is 9.15 Å². The molecule has 0 spiro atoms. The van der Waals surface area contributed by atoms with Crippen molar-refractivity contribution in [2.45, 2.75) is 13.8 Å². The zero-order valence-electron chi connectivity index (χ0n) is 13.1. The summed E-state index contributed by atoms with van der Waals surface area (Å²) >= 11 is 0. The van der Waals surface area contributed by atoms with E-state index >= 15 is 0 Å². The van der Waals surface area contributed by atoms with Gasteiger partial charge in [0.05, 0.1) is 0 Å². The van der Waals surface area contributed by atoms with E-state index in [0.717, 1.165) is 0 Å². The molecule has 0 fully saturated rings. The van der Waals surface area contributed by atoms with E-state index < -0.39 is 5.63 Å². The Morgan fingerprint density at radius 3 is 2.75 bits per heavy atom. The molecule has 0 aliphatic heterocycles. The van der Waals surface area contributed by atoms with Gasteiger partial charge in [-0.1, -0.05) is 6.07 Å². The highest BCUT2D eigenvalue weighted by atomic mass is 16.5. The Morgan fingerprint density at radius 1 is 1.21 bits per heavy atom. The molecule has 0 saturated carbocycles. The molecule has 1 heterocycles. The van der Waals surface area contributed by atoms with Crippen molar-refractivity contribution in [1.82, 2.24) is 0 Å². The molecule has 1 amide bonds. The van der Waals surface area contributed by atoms with Crippen LogP contribution in [0.4, 0.5) is 5.69 Å². The van der Waals surface area contributed by atoms with Crippen molar-refractivity contribution < 1.29 is 19.1 Å². The maximum absolute atomic E-state index is 12.2. The number of phenolic OH excluding ortho intramolecular Hbond substituents is 1. The summed E-state index contributed by atoms with van der Waals surface area (Å²) in [7, 11) is 0. The Hall–Kier alpha value is -3.28. The van der Waals surface area contributed by atoms with Gasteiger partial charge in [0.15, 0.2) is 0 Å². The van der Waals surface area contributed by atoms with Crippen molar-refractivity contribution >= 4 is 22.6 Å². The van der Waals surface area contributed by atoms with Crippen molar-refractivity contribution in [1.29, 1.82) is 0 Å². The molecule has 24 heavy (non-hydrogen) atoms. The van der Waals surface area contributed by atoms with E-state index in [2.05, 4.69) is 5.32 Å². The van der Waals surface area contributed by atoms with E-state index in [1.54, 1.807) is 37.3 Å². The molecule has 6 heteroatoms. The fourth-order valence-corrected chi connectivity index (χ4v) is 2.40. The number of hydrogen-bond acceptors (Lipinski definition) is 5. The highest BCUT2D eigenvalue weighted by molar-refractivity contribution is 5.88. The van der Waals surface area contributed by atoms with Crippen LogP contribution in [0, 0.1) is 6.92 Å². The third-order valence-electron chi connectivity index (χ3n) is 3.47. The minimum absolute atomic E-state index is 0.0155. The molecule has 2 N–H and O–H groups in total. The normalized spacial score (nSPS) is 10.6. The molecule has 6 nitrogen and oxygen atoms in total. The minimum Gasteiger partial charge on any atom is -0.508 e. The second-order valence-electron chi connectivity index (χ2n) is 5.34. The number of carbonyl (C=O) groups is 1. The number of anilines is 1. The maximum atomic E-state index is 12.2. The first-order valence-electron chi connectivity index (χ1n) is 7.26. The first-order valence-corrected chi connectivity index (χ1v) is 7.26. The van der Waals surface area contributed by atoms with Crippen LogP contribution < -0.4 is 15.7 Å². The van der Waals surface area contributed by atoms with E-state index in [1.807, 2.05) is 0 Å². The van der Waals surface area contributed by atoms with Crippen LogP contribution in [0.1, 0.15) is 12.5 Å². The molecule has 0 radical (unpaired) electrons. The largest absolute Gasteiger partial charge is 0.508 e. The molecule has 1 aromatic heterocycles. The average Bonchev–Trinajstić information content (AvgIpc) is 2.51. The van der Waals surface area contributed by atoms with Gasteiger partial charge < -0.3 is 19.6 Å². The zero-order valence-corrected chi connectivity index (χ0v) is 13.1. The van der Waals surface area contributed by atoms with Gasteiger partial charge in [-0.25, -0.2) is 4.79 Å². The van der Waals surface area contributed by atoms with Crippen molar-refractivity contribution in [2.24, 2.45) is 0 Å². The number of rotatable bonds is 3. The Kier molecular flexibility index (Phi) is 3.95. The van der Waals surface area contributed by atoms with Gasteiger partial charge in [-0.2, -0.15) is 0 Å². The summed E-state index contributed by atoms with van der Waals surface area (Å²) in [6.45, 7) is 3.15. The standard InChI is InChI=1S/C18H15NO5/c1-10-15-7-6-13(21)9-16(15)24-18(22)17(10)23-14-5-3-4-12(8-14)19-11(2)20/h3-9,21H,1-2H3,(H,19,20). The molecule has 0 saturated heterocycles. The van der Waals surface area contributed by atoms with Crippen LogP contribution >= 0.6 is 0 Å². The SMILES string of the molecule is CC(=O)Nc1cccc(Oc2c(C)c3ccc(O)cc3oc2=O)c1. The van der Waals surface area contributed by atoms with Gasteiger partial charge in [-0.05, 0) is 31.2 Å². The fraction of sp³-hybridized carbons (Fsp3) is 0.111. The van der Waals surface area contributed by atoms with Gasteiger partial charge in [-0.15, -0.1) is 0 Å². The number of phenols is 1. The first kappa shape index (κ1) is 15.6. The van der Waals surface area contributed by atoms with Gasteiger partial charge >= 0.3 is 5.63 Å². The van der Waals surface area contributed by atoms with Crippen LogP contribution in [0.5, 0.6) is 17.2 Å². The average molecular weight is 325 g/mol. The summed E-state index contributed by atoms with van der Waals surface area (Å²) in [5.74, 6) is 0.276. The van der Waals surface area contributed by atoms with Gasteiger partial charge in [0.2, 0.25) is 11.7 Å². The highest BCUT2D eigenvalue weighted by Crippen LogP contribution is 2.30. The van der Waals surface area contributed by atoms with Crippen molar-refractivity contribution in [3.8, 4) is 17.2 Å². The van der Waals surface area contributed by atoms with Gasteiger partial charge in [-0.3, -0.25) is 4.79 Å². The van der Waals surface area contributed by atoms with Crippen molar-refractivity contribution in [3.05, 3.63) is 58.4 Å². The molecule has 0 bridgehead atoms.